The third-order valence-corrected chi connectivity index (χ3v) is 2.80. The molecule has 0 aliphatic heterocycles. The molecule has 0 fully saturated rings. The Balaban J connectivity index is 2.12. The molecule has 0 spiro atoms. The molecule has 1 N–H and O–H groups in total. The Bertz CT molecular complexity index is 309. The van der Waals surface area contributed by atoms with Gasteiger partial charge in [0.15, 0.2) is 0 Å². The number of ether oxygens (including phenoxy) is 2. The van der Waals surface area contributed by atoms with E-state index in [1.165, 1.54) is 5.56 Å². The highest BCUT2D eigenvalue weighted by Gasteiger charge is 1.99. The lowest BCUT2D eigenvalue weighted by Crippen LogP contribution is -2.22. The number of hydrogen-bond acceptors (Lipinski definition) is 3. The van der Waals surface area contributed by atoms with Crippen LogP contribution in [0.1, 0.15) is 31.7 Å². The summed E-state index contributed by atoms with van der Waals surface area (Å²) in [5.41, 5.74) is 1.35. The molecule has 0 radical (unpaired) electrons. The molecule has 102 valence electrons. The van der Waals surface area contributed by atoms with Crippen molar-refractivity contribution in [1.82, 2.24) is 5.32 Å². The van der Waals surface area contributed by atoms with E-state index in [1.807, 2.05) is 12.1 Å². The number of nitrogens with one attached hydrogen (secondary N) is 1. The van der Waals surface area contributed by atoms with E-state index in [0.717, 1.165) is 31.9 Å². The molecule has 1 rings (SSSR count). The van der Waals surface area contributed by atoms with Crippen LogP contribution in [0.4, 0.5) is 0 Å². The van der Waals surface area contributed by atoms with Gasteiger partial charge in [-0.1, -0.05) is 26.0 Å². The third-order valence-electron chi connectivity index (χ3n) is 2.80. The molecule has 1 aromatic carbocycles. The van der Waals surface area contributed by atoms with E-state index in [9.17, 15) is 0 Å². The summed E-state index contributed by atoms with van der Waals surface area (Å²) in [7, 11) is 1.73. The van der Waals surface area contributed by atoms with Gasteiger partial charge in [-0.3, -0.25) is 0 Å². The molecule has 0 bridgehead atoms. The summed E-state index contributed by atoms with van der Waals surface area (Å²) in [6, 6.07) is 8.35. The minimum absolute atomic E-state index is 0.571. The van der Waals surface area contributed by atoms with Crippen LogP contribution in [0.25, 0.3) is 0 Å². The van der Waals surface area contributed by atoms with E-state index in [2.05, 4.69) is 31.3 Å². The molecule has 1 aromatic rings. The summed E-state index contributed by atoms with van der Waals surface area (Å²) in [4.78, 5) is 0. The van der Waals surface area contributed by atoms with Crippen molar-refractivity contribution < 1.29 is 9.47 Å². The molecule has 0 saturated heterocycles. The van der Waals surface area contributed by atoms with Gasteiger partial charge >= 0.3 is 0 Å². The Morgan fingerprint density at radius 1 is 1.06 bits per heavy atom. The molecule has 0 aliphatic rings. The standard InChI is InChI=1S/C15H25NO2/c1-13(2)14-5-7-15(8-6-14)18-12-10-16-9-4-11-17-3/h5-8,13,16H,4,9-12H2,1-3H3. The van der Waals surface area contributed by atoms with Crippen molar-refractivity contribution in [2.24, 2.45) is 0 Å². The fraction of sp³-hybridized carbons (Fsp3) is 0.600. The van der Waals surface area contributed by atoms with Crippen molar-refractivity contribution in [1.29, 1.82) is 0 Å². The number of methoxy groups -OCH3 is 1. The van der Waals surface area contributed by atoms with Crippen LogP contribution in [0.15, 0.2) is 24.3 Å². The first kappa shape index (κ1) is 15.0. The van der Waals surface area contributed by atoms with Crippen LogP contribution >= 0.6 is 0 Å². The van der Waals surface area contributed by atoms with E-state index in [4.69, 9.17) is 9.47 Å². The van der Waals surface area contributed by atoms with Crippen molar-refractivity contribution in [3.63, 3.8) is 0 Å². The van der Waals surface area contributed by atoms with Gasteiger partial charge in [0.1, 0.15) is 12.4 Å². The average Bonchev–Trinajstić information content (AvgIpc) is 2.38. The second kappa shape index (κ2) is 8.95. The Hall–Kier alpha value is -1.06. The van der Waals surface area contributed by atoms with Crippen molar-refractivity contribution in [3.8, 4) is 5.75 Å². The van der Waals surface area contributed by atoms with Crippen LogP contribution in [0.5, 0.6) is 5.75 Å². The molecule has 0 amide bonds. The molecular weight excluding hydrogens is 226 g/mol. The predicted molar refractivity (Wildman–Crippen MR) is 75.4 cm³/mol. The highest BCUT2D eigenvalue weighted by molar-refractivity contribution is 5.28. The molecule has 0 atom stereocenters. The molecule has 18 heavy (non-hydrogen) atoms. The lowest BCUT2D eigenvalue weighted by atomic mass is 10.0. The Labute approximate surface area is 110 Å². The molecule has 0 unspecified atom stereocenters. The summed E-state index contributed by atoms with van der Waals surface area (Å²) in [5, 5.41) is 3.32. The molecule has 0 aromatic heterocycles. The first-order valence-electron chi connectivity index (χ1n) is 6.66. The highest BCUT2D eigenvalue weighted by atomic mass is 16.5. The molecule has 3 nitrogen and oxygen atoms in total. The normalized spacial score (nSPS) is 10.9. The summed E-state index contributed by atoms with van der Waals surface area (Å²) in [5.74, 6) is 1.51. The third kappa shape index (κ3) is 6.03. The maximum atomic E-state index is 5.65. The van der Waals surface area contributed by atoms with E-state index < -0.39 is 0 Å². The number of benzene rings is 1. The lowest BCUT2D eigenvalue weighted by molar-refractivity contribution is 0.193. The monoisotopic (exact) mass is 251 g/mol. The summed E-state index contributed by atoms with van der Waals surface area (Å²) >= 11 is 0. The lowest BCUT2D eigenvalue weighted by Gasteiger charge is -2.09. The van der Waals surface area contributed by atoms with Gasteiger partial charge < -0.3 is 14.8 Å². The smallest absolute Gasteiger partial charge is 0.119 e. The first-order valence-corrected chi connectivity index (χ1v) is 6.66. The fourth-order valence-electron chi connectivity index (χ4n) is 1.66. The molecular formula is C15H25NO2. The maximum Gasteiger partial charge on any atom is 0.119 e. The van der Waals surface area contributed by atoms with Gasteiger partial charge in [0.05, 0.1) is 0 Å². The largest absolute Gasteiger partial charge is 0.492 e. The molecule has 0 heterocycles. The topological polar surface area (TPSA) is 30.5 Å². The second-order valence-electron chi connectivity index (χ2n) is 4.67. The zero-order chi connectivity index (χ0) is 13.2. The van der Waals surface area contributed by atoms with Crippen LogP contribution in [-0.2, 0) is 4.74 Å². The zero-order valence-corrected chi connectivity index (χ0v) is 11.7. The van der Waals surface area contributed by atoms with Gasteiger partial charge in [0.2, 0.25) is 0 Å². The Morgan fingerprint density at radius 3 is 2.39 bits per heavy atom. The van der Waals surface area contributed by atoms with Gasteiger partial charge in [-0.05, 0) is 36.6 Å². The molecule has 0 saturated carbocycles. The van der Waals surface area contributed by atoms with E-state index >= 15 is 0 Å². The predicted octanol–water partition coefficient (Wildman–Crippen LogP) is 2.81. The van der Waals surface area contributed by atoms with Crippen molar-refractivity contribution in [3.05, 3.63) is 29.8 Å². The van der Waals surface area contributed by atoms with Crippen LogP contribution in [0.3, 0.4) is 0 Å². The van der Waals surface area contributed by atoms with Gasteiger partial charge in [-0.25, -0.2) is 0 Å². The average molecular weight is 251 g/mol. The SMILES string of the molecule is COCCCNCCOc1ccc(C(C)C)cc1. The zero-order valence-electron chi connectivity index (χ0n) is 11.7. The summed E-state index contributed by atoms with van der Waals surface area (Å²) < 4.78 is 10.6. The van der Waals surface area contributed by atoms with Crippen LogP contribution in [-0.4, -0.2) is 33.4 Å². The molecule has 0 aliphatic carbocycles. The summed E-state index contributed by atoms with van der Waals surface area (Å²) in [6.45, 7) is 7.75. The quantitative estimate of drug-likeness (QED) is 0.685. The van der Waals surface area contributed by atoms with Crippen LogP contribution in [0, 0.1) is 0 Å². The fourth-order valence-corrected chi connectivity index (χ4v) is 1.66. The first-order chi connectivity index (χ1) is 8.74. The van der Waals surface area contributed by atoms with Crippen LogP contribution in [0.2, 0.25) is 0 Å². The van der Waals surface area contributed by atoms with Crippen molar-refractivity contribution in [2.75, 3.05) is 33.4 Å². The number of hydrogen-bond donors (Lipinski definition) is 1. The second-order valence-corrected chi connectivity index (χ2v) is 4.67. The van der Waals surface area contributed by atoms with E-state index in [1.54, 1.807) is 7.11 Å². The Kier molecular flexibility index (Phi) is 7.46. The highest BCUT2D eigenvalue weighted by Crippen LogP contribution is 2.18. The van der Waals surface area contributed by atoms with Gasteiger partial charge in [0.25, 0.3) is 0 Å². The molecule has 3 heteroatoms. The van der Waals surface area contributed by atoms with Gasteiger partial charge in [-0.2, -0.15) is 0 Å². The maximum absolute atomic E-state index is 5.65. The van der Waals surface area contributed by atoms with E-state index in [0.29, 0.717) is 12.5 Å². The van der Waals surface area contributed by atoms with Crippen molar-refractivity contribution in [2.45, 2.75) is 26.2 Å². The van der Waals surface area contributed by atoms with Gasteiger partial charge in [-0.15, -0.1) is 0 Å². The van der Waals surface area contributed by atoms with Gasteiger partial charge in [0, 0.05) is 20.3 Å². The Morgan fingerprint density at radius 2 is 1.78 bits per heavy atom. The summed E-state index contributed by atoms with van der Waals surface area (Å²) in [6.07, 6.45) is 1.04. The number of rotatable bonds is 9. The van der Waals surface area contributed by atoms with Crippen LogP contribution < -0.4 is 10.1 Å². The minimum atomic E-state index is 0.571. The van der Waals surface area contributed by atoms with Crippen molar-refractivity contribution >= 4 is 0 Å². The minimum Gasteiger partial charge on any atom is -0.492 e. The van der Waals surface area contributed by atoms with E-state index in [-0.39, 0.29) is 0 Å².